The highest BCUT2D eigenvalue weighted by Crippen LogP contribution is 2.23. The van der Waals surface area contributed by atoms with E-state index in [1.54, 1.807) is 6.07 Å². The Bertz CT molecular complexity index is 586. The van der Waals surface area contributed by atoms with Crippen LogP contribution in [-0.4, -0.2) is 16.1 Å². The molecular weight excluding hydrogens is 245 g/mol. The summed E-state index contributed by atoms with van der Waals surface area (Å²) in [5, 5.41) is 8.85. The third-order valence-electron chi connectivity index (χ3n) is 2.22. The average Bonchev–Trinajstić information content (AvgIpc) is 2.33. The summed E-state index contributed by atoms with van der Waals surface area (Å²) in [6.07, 6.45) is 1.37. The molecule has 5 heteroatoms. The lowest BCUT2D eigenvalue weighted by Gasteiger charge is -2.03. The van der Waals surface area contributed by atoms with Gasteiger partial charge in [-0.1, -0.05) is 17.7 Å². The lowest BCUT2D eigenvalue weighted by atomic mass is 10.1. The van der Waals surface area contributed by atoms with Crippen molar-refractivity contribution < 1.29 is 14.3 Å². The van der Waals surface area contributed by atoms with Crippen LogP contribution < -0.4 is 0 Å². The van der Waals surface area contributed by atoms with Crippen molar-refractivity contribution in [1.29, 1.82) is 0 Å². The molecule has 1 heterocycles. The fourth-order valence-electron chi connectivity index (χ4n) is 1.38. The second-order valence-corrected chi connectivity index (χ2v) is 3.77. The number of aromatic carboxylic acids is 1. The van der Waals surface area contributed by atoms with E-state index in [-0.39, 0.29) is 10.6 Å². The molecule has 0 amide bonds. The molecule has 86 valence electrons. The van der Waals surface area contributed by atoms with Crippen molar-refractivity contribution >= 4 is 17.6 Å². The van der Waals surface area contributed by atoms with Gasteiger partial charge in [-0.25, -0.2) is 9.18 Å². The van der Waals surface area contributed by atoms with Crippen molar-refractivity contribution in [3.63, 3.8) is 0 Å². The maximum absolute atomic E-state index is 13.2. The molecule has 17 heavy (non-hydrogen) atoms. The fraction of sp³-hybridized carbons (Fsp3) is 0. The Morgan fingerprint density at radius 3 is 2.71 bits per heavy atom. The standard InChI is InChI=1S/C12H7ClFNO2/c13-9-2-1-7(5-10(9)14)11-6-8(12(16)17)3-4-15-11/h1-6H,(H,16,17). The van der Waals surface area contributed by atoms with E-state index >= 15 is 0 Å². The maximum atomic E-state index is 13.2. The number of carboxylic acid groups (broad SMARTS) is 1. The van der Waals surface area contributed by atoms with E-state index in [0.29, 0.717) is 11.3 Å². The number of hydrogen-bond acceptors (Lipinski definition) is 2. The summed E-state index contributed by atoms with van der Waals surface area (Å²) in [6, 6.07) is 6.96. The third-order valence-corrected chi connectivity index (χ3v) is 2.53. The van der Waals surface area contributed by atoms with Crippen LogP contribution >= 0.6 is 11.6 Å². The van der Waals surface area contributed by atoms with Gasteiger partial charge in [-0.3, -0.25) is 4.98 Å². The molecule has 0 unspecified atom stereocenters. The van der Waals surface area contributed by atoms with Gasteiger partial charge in [0.25, 0.3) is 0 Å². The van der Waals surface area contributed by atoms with Gasteiger partial charge < -0.3 is 5.11 Å². The largest absolute Gasteiger partial charge is 0.478 e. The molecule has 2 rings (SSSR count). The number of pyridine rings is 1. The average molecular weight is 252 g/mol. The quantitative estimate of drug-likeness (QED) is 0.891. The monoisotopic (exact) mass is 251 g/mol. The molecule has 0 spiro atoms. The highest BCUT2D eigenvalue weighted by Gasteiger charge is 2.08. The van der Waals surface area contributed by atoms with E-state index in [1.165, 1.54) is 30.5 Å². The van der Waals surface area contributed by atoms with Crippen LogP contribution in [0.25, 0.3) is 11.3 Å². The molecule has 1 N–H and O–H groups in total. The molecule has 1 aromatic carbocycles. The number of aromatic nitrogens is 1. The van der Waals surface area contributed by atoms with Crippen LogP contribution in [0.4, 0.5) is 4.39 Å². The Morgan fingerprint density at radius 1 is 1.29 bits per heavy atom. The number of benzene rings is 1. The van der Waals surface area contributed by atoms with Gasteiger partial charge in [0.05, 0.1) is 16.3 Å². The van der Waals surface area contributed by atoms with Crippen molar-refractivity contribution in [2.24, 2.45) is 0 Å². The molecule has 0 radical (unpaired) electrons. The predicted molar refractivity (Wildman–Crippen MR) is 61.6 cm³/mol. The van der Waals surface area contributed by atoms with Crippen molar-refractivity contribution in [2.45, 2.75) is 0 Å². The van der Waals surface area contributed by atoms with Gasteiger partial charge in [0.15, 0.2) is 0 Å². The van der Waals surface area contributed by atoms with Crippen LogP contribution in [-0.2, 0) is 0 Å². The van der Waals surface area contributed by atoms with Gasteiger partial charge in [-0.2, -0.15) is 0 Å². The summed E-state index contributed by atoms with van der Waals surface area (Å²) < 4.78 is 13.2. The molecule has 0 atom stereocenters. The first-order valence-corrected chi connectivity index (χ1v) is 5.10. The normalized spacial score (nSPS) is 10.2. The SMILES string of the molecule is O=C(O)c1ccnc(-c2ccc(Cl)c(F)c2)c1. The molecule has 0 bridgehead atoms. The number of carboxylic acids is 1. The maximum Gasteiger partial charge on any atom is 0.335 e. The van der Waals surface area contributed by atoms with Gasteiger partial charge >= 0.3 is 5.97 Å². The van der Waals surface area contributed by atoms with E-state index in [2.05, 4.69) is 4.98 Å². The van der Waals surface area contributed by atoms with Crippen molar-refractivity contribution in [1.82, 2.24) is 4.98 Å². The first-order valence-electron chi connectivity index (χ1n) is 4.72. The van der Waals surface area contributed by atoms with E-state index in [4.69, 9.17) is 16.7 Å². The summed E-state index contributed by atoms with van der Waals surface area (Å²) >= 11 is 5.56. The van der Waals surface area contributed by atoms with Crippen LogP contribution in [0, 0.1) is 5.82 Å². The van der Waals surface area contributed by atoms with E-state index in [9.17, 15) is 9.18 Å². The van der Waals surface area contributed by atoms with Gasteiger partial charge in [0.1, 0.15) is 5.82 Å². The minimum absolute atomic E-state index is 0.0168. The van der Waals surface area contributed by atoms with Crippen LogP contribution in [0.5, 0.6) is 0 Å². The summed E-state index contributed by atoms with van der Waals surface area (Å²) in [6.45, 7) is 0. The molecule has 0 aliphatic heterocycles. The Labute approximate surface area is 101 Å². The van der Waals surface area contributed by atoms with Crippen LogP contribution in [0.3, 0.4) is 0 Å². The Kier molecular flexibility index (Phi) is 3.06. The lowest BCUT2D eigenvalue weighted by Crippen LogP contribution is -1.97. The Morgan fingerprint density at radius 2 is 2.06 bits per heavy atom. The lowest BCUT2D eigenvalue weighted by molar-refractivity contribution is 0.0697. The number of rotatable bonds is 2. The van der Waals surface area contributed by atoms with Gasteiger partial charge in [0, 0.05) is 11.8 Å². The summed E-state index contributed by atoms with van der Waals surface area (Å²) in [5.74, 6) is -1.62. The number of hydrogen-bond donors (Lipinski definition) is 1. The molecular formula is C12H7ClFNO2. The van der Waals surface area contributed by atoms with E-state index in [1.807, 2.05) is 0 Å². The smallest absolute Gasteiger partial charge is 0.335 e. The van der Waals surface area contributed by atoms with Crippen molar-refractivity contribution in [3.8, 4) is 11.3 Å². The first-order chi connectivity index (χ1) is 8.08. The molecule has 0 saturated heterocycles. The fourth-order valence-corrected chi connectivity index (χ4v) is 1.49. The van der Waals surface area contributed by atoms with Crippen LogP contribution in [0.15, 0.2) is 36.5 Å². The minimum atomic E-state index is -1.05. The zero-order chi connectivity index (χ0) is 12.4. The first kappa shape index (κ1) is 11.5. The topological polar surface area (TPSA) is 50.2 Å². The highest BCUT2D eigenvalue weighted by atomic mass is 35.5. The minimum Gasteiger partial charge on any atom is -0.478 e. The van der Waals surface area contributed by atoms with E-state index < -0.39 is 11.8 Å². The van der Waals surface area contributed by atoms with Gasteiger partial charge in [-0.15, -0.1) is 0 Å². The second-order valence-electron chi connectivity index (χ2n) is 3.36. The molecule has 0 fully saturated rings. The Balaban J connectivity index is 2.49. The van der Waals surface area contributed by atoms with Gasteiger partial charge in [0.2, 0.25) is 0 Å². The summed E-state index contributed by atoms with van der Waals surface area (Å²) in [5.41, 5.74) is 0.973. The third kappa shape index (κ3) is 2.42. The van der Waals surface area contributed by atoms with Crippen molar-refractivity contribution in [2.75, 3.05) is 0 Å². The molecule has 0 aliphatic carbocycles. The van der Waals surface area contributed by atoms with Gasteiger partial charge in [-0.05, 0) is 24.3 Å². The second kappa shape index (κ2) is 4.51. The summed E-state index contributed by atoms with van der Waals surface area (Å²) in [4.78, 5) is 14.8. The predicted octanol–water partition coefficient (Wildman–Crippen LogP) is 3.24. The molecule has 0 saturated carbocycles. The number of halogens is 2. The number of carbonyl (C=O) groups is 1. The van der Waals surface area contributed by atoms with E-state index in [0.717, 1.165) is 0 Å². The molecule has 1 aromatic heterocycles. The zero-order valence-electron chi connectivity index (χ0n) is 8.52. The molecule has 3 nitrogen and oxygen atoms in total. The van der Waals surface area contributed by atoms with Crippen molar-refractivity contribution in [3.05, 3.63) is 52.9 Å². The number of nitrogens with zero attached hydrogens (tertiary/aromatic N) is 1. The van der Waals surface area contributed by atoms with Crippen LogP contribution in [0.1, 0.15) is 10.4 Å². The molecule has 0 aliphatic rings. The highest BCUT2D eigenvalue weighted by molar-refractivity contribution is 6.30. The molecule has 2 aromatic rings. The van der Waals surface area contributed by atoms with Crippen LogP contribution in [0.2, 0.25) is 5.02 Å². The summed E-state index contributed by atoms with van der Waals surface area (Å²) in [7, 11) is 0. The zero-order valence-corrected chi connectivity index (χ0v) is 9.28. The Hall–Kier alpha value is -1.94.